The van der Waals surface area contributed by atoms with Crippen molar-refractivity contribution in [3.63, 3.8) is 0 Å². The molecular formula is C15H26N6O2. The van der Waals surface area contributed by atoms with Crippen LogP contribution >= 0.6 is 0 Å². The van der Waals surface area contributed by atoms with Gasteiger partial charge < -0.3 is 26.4 Å². The third kappa shape index (κ3) is 5.46. The molecule has 8 heteroatoms. The maximum absolute atomic E-state index is 10.5. The quantitative estimate of drug-likeness (QED) is 0.628. The Morgan fingerprint density at radius 1 is 1.43 bits per heavy atom. The zero-order chi connectivity index (χ0) is 17.0. The van der Waals surface area contributed by atoms with Crippen LogP contribution in [0, 0.1) is 11.3 Å². The van der Waals surface area contributed by atoms with Gasteiger partial charge in [-0.05, 0) is 11.8 Å². The van der Waals surface area contributed by atoms with Crippen molar-refractivity contribution in [2.45, 2.75) is 27.2 Å². The molecule has 1 saturated heterocycles. The second kappa shape index (κ2) is 6.89. The Bertz CT molecular complexity index is 551. The summed E-state index contributed by atoms with van der Waals surface area (Å²) in [5.74, 6) is 2.05. The van der Waals surface area contributed by atoms with Crippen LogP contribution < -0.4 is 21.3 Å². The van der Waals surface area contributed by atoms with Gasteiger partial charge in [-0.15, -0.1) is 0 Å². The molecule has 1 fully saturated rings. The van der Waals surface area contributed by atoms with E-state index in [4.69, 9.17) is 10.8 Å². The van der Waals surface area contributed by atoms with Crippen molar-refractivity contribution < 1.29 is 9.90 Å². The zero-order valence-electron chi connectivity index (χ0n) is 14.0. The highest BCUT2D eigenvalue weighted by Gasteiger charge is 2.28. The van der Waals surface area contributed by atoms with Gasteiger partial charge in [0.15, 0.2) is 0 Å². The van der Waals surface area contributed by atoms with Crippen LogP contribution in [-0.2, 0) is 0 Å². The first-order valence-corrected chi connectivity index (χ1v) is 7.83. The molecule has 0 bridgehead atoms. The number of carbonyl (C=O) groups is 1. The minimum absolute atomic E-state index is 0.243. The maximum Gasteiger partial charge on any atom is 0.404 e. The molecule has 0 atom stereocenters. The van der Waals surface area contributed by atoms with Crippen molar-refractivity contribution in [1.29, 1.82) is 0 Å². The highest BCUT2D eigenvalue weighted by Crippen LogP contribution is 2.25. The Hall–Kier alpha value is -2.25. The van der Waals surface area contributed by atoms with Gasteiger partial charge in [0, 0.05) is 38.2 Å². The fourth-order valence-electron chi connectivity index (χ4n) is 2.39. The van der Waals surface area contributed by atoms with Crippen molar-refractivity contribution >= 4 is 23.7 Å². The number of nitrogens with one attached hydrogen (secondary N) is 2. The van der Waals surface area contributed by atoms with Crippen molar-refractivity contribution in [2.75, 3.05) is 42.1 Å². The van der Waals surface area contributed by atoms with Crippen molar-refractivity contribution in [3.05, 3.63) is 6.07 Å². The van der Waals surface area contributed by atoms with E-state index in [1.54, 1.807) is 0 Å². The lowest BCUT2D eigenvalue weighted by Crippen LogP contribution is -2.51. The molecule has 8 nitrogen and oxygen atoms in total. The number of nitrogens with two attached hydrogens (primary N) is 1. The molecule has 0 spiro atoms. The monoisotopic (exact) mass is 322 g/mol. The van der Waals surface area contributed by atoms with Gasteiger partial charge in [0.2, 0.25) is 5.95 Å². The largest absolute Gasteiger partial charge is 0.465 e. The van der Waals surface area contributed by atoms with Crippen LogP contribution in [-0.4, -0.2) is 47.3 Å². The van der Waals surface area contributed by atoms with Gasteiger partial charge in [-0.1, -0.05) is 20.8 Å². The summed E-state index contributed by atoms with van der Waals surface area (Å²) in [6, 6.07) is 1.89. The molecule has 1 aromatic heterocycles. The number of hydrogen-bond acceptors (Lipinski definition) is 6. The van der Waals surface area contributed by atoms with Gasteiger partial charge in [0.1, 0.15) is 11.6 Å². The van der Waals surface area contributed by atoms with Crippen LogP contribution in [0.5, 0.6) is 0 Å². The number of carboxylic acid groups (broad SMARTS) is 1. The minimum Gasteiger partial charge on any atom is -0.465 e. The number of nitrogens with zero attached hydrogens (tertiary/aromatic N) is 3. The van der Waals surface area contributed by atoms with E-state index in [0.717, 1.165) is 37.7 Å². The second-order valence-corrected chi connectivity index (χ2v) is 7.16. The Kier molecular flexibility index (Phi) is 5.12. The zero-order valence-corrected chi connectivity index (χ0v) is 14.0. The highest BCUT2D eigenvalue weighted by atomic mass is 16.4. The summed E-state index contributed by atoms with van der Waals surface area (Å²) in [4.78, 5) is 21.0. The van der Waals surface area contributed by atoms with E-state index in [1.165, 1.54) is 0 Å². The van der Waals surface area contributed by atoms with Gasteiger partial charge in [-0.25, -0.2) is 4.79 Å². The molecule has 128 valence electrons. The summed E-state index contributed by atoms with van der Waals surface area (Å²) in [5, 5.41) is 14.3. The normalized spacial score (nSPS) is 15.2. The number of aromatic nitrogens is 2. The third-order valence-corrected chi connectivity index (χ3v) is 3.73. The molecular weight excluding hydrogens is 296 g/mol. The van der Waals surface area contributed by atoms with Crippen molar-refractivity contribution in [3.8, 4) is 0 Å². The van der Waals surface area contributed by atoms with E-state index in [1.807, 2.05) is 6.07 Å². The average molecular weight is 322 g/mol. The number of hydrogen-bond donors (Lipinski definition) is 4. The highest BCUT2D eigenvalue weighted by molar-refractivity contribution is 5.64. The molecule has 0 saturated carbocycles. The molecule has 0 aromatic carbocycles. The van der Waals surface area contributed by atoms with Gasteiger partial charge in [0.05, 0.1) is 0 Å². The van der Waals surface area contributed by atoms with E-state index in [0.29, 0.717) is 12.5 Å². The Labute approximate surface area is 136 Å². The third-order valence-electron chi connectivity index (χ3n) is 3.73. The SMILES string of the molecule is CC(C)(C)CCNc1cc(N2CC(CNC(=O)O)C2)nc(N)n1. The fraction of sp³-hybridized carbons (Fsp3) is 0.667. The van der Waals surface area contributed by atoms with Crippen LogP contribution in [0.25, 0.3) is 0 Å². The van der Waals surface area contributed by atoms with E-state index >= 15 is 0 Å². The average Bonchev–Trinajstić information content (AvgIpc) is 2.34. The summed E-state index contributed by atoms with van der Waals surface area (Å²) in [7, 11) is 0. The summed E-state index contributed by atoms with van der Waals surface area (Å²) in [6.07, 6.45) is 0.0406. The summed E-state index contributed by atoms with van der Waals surface area (Å²) < 4.78 is 0. The fourth-order valence-corrected chi connectivity index (χ4v) is 2.39. The molecule has 0 aliphatic carbocycles. The van der Waals surface area contributed by atoms with Gasteiger partial charge in [0.25, 0.3) is 0 Å². The minimum atomic E-state index is -0.986. The molecule has 1 aromatic rings. The smallest absolute Gasteiger partial charge is 0.404 e. The van der Waals surface area contributed by atoms with E-state index in [-0.39, 0.29) is 11.4 Å². The number of rotatable bonds is 6. The number of amides is 1. The first-order chi connectivity index (χ1) is 10.7. The summed E-state index contributed by atoms with van der Waals surface area (Å²) in [5.41, 5.74) is 6.05. The summed E-state index contributed by atoms with van der Waals surface area (Å²) >= 11 is 0. The molecule has 0 radical (unpaired) electrons. The van der Waals surface area contributed by atoms with Crippen molar-refractivity contribution in [2.24, 2.45) is 11.3 Å². The Morgan fingerprint density at radius 3 is 2.74 bits per heavy atom. The van der Waals surface area contributed by atoms with Crippen LogP contribution in [0.4, 0.5) is 22.4 Å². The van der Waals surface area contributed by atoms with E-state index in [9.17, 15) is 4.79 Å². The Morgan fingerprint density at radius 2 is 2.13 bits per heavy atom. The van der Waals surface area contributed by atoms with Gasteiger partial charge >= 0.3 is 6.09 Å². The first kappa shape index (κ1) is 17.1. The first-order valence-electron chi connectivity index (χ1n) is 7.83. The van der Waals surface area contributed by atoms with E-state index in [2.05, 4.69) is 46.3 Å². The lowest BCUT2D eigenvalue weighted by atomic mass is 9.92. The topological polar surface area (TPSA) is 116 Å². The maximum atomic E-state index is 10.5. The van der Waals surface area contributed by atoms with Crippen LogP contribution in [0.2, 0.25) is 0 Å². The lowest BCUT2D eigenvalue weighted by molar-refractivity contribution is 0.191. The molecule has 0 unspecified atom stereocenters. The molecule has 1 aliphatic rings. The standard InChI is InChI=1S/C15H26N6O2/c1-15(2,3)4-5-17-11-6-12(20-13(16)19-11)21-8-10(9-21)7-18-14(22)23/h6,10,18H,4-5,7-9H2,1-3H3,(H,22,23)(H3,16,17,19,20). The molecule has 5 N–H and O–H groups in total. The molecule has 1 amide bonds. The number of anilines is 3. The van der Waals surface area contributed by atoms with E-state index < -0.39 is 6.09 Å². The molecule has 23 heavy (non-hydrogen) atoms. The van der Waals surface area contributed by atoms with Crippen LogP contribution in [0.3, 0.4) is 0 Å². The number of nitrogen functional groups attached to an aromatic ring is 1. The van der Waals surface area contributed by atoms with Gasteiger partial charge in [-0.3, -0.25) is 0 Å². The molecule has 2 rings (SSSR count). The molecule has 2 heterocycles. The molecule has 1 aliphatic heterocycles. The van der Waals surface area contributed by atoms with Crippen LogP contribution in [0.15, 0.2) is 6.07 Å². The van der Waals surface area contributed by atoms with Crippen molar-refractivity contribution in [1.82, 2.24) is 15.3 Å². The predicted octanol–water partition coefficient (Wildman–Crippen LogP) is 1.61. The van der Waals surface area contributed by atoms with Gasteiger partial charge in [-0.2, -0.15) is 9.97 Å². The predicted molar refractivity (Wildman–Crippen MR) is 90.7 cm³/mol. The van der Waals surface area contributed by atoms with Crippen LogP contribution in [0.1, 0.15) is 27.2 Å². The second-order valence-electron chi connectivity index (χ2n) is 7.16. The lowest BCUT2D eigenvalue weighted by Gasteiger charge is -2.40. The summed E-state index contributed by atoms with van der Waals surface area (Å²) in [6.45, 7) is 9.39. The Balaban J connectivity index is 1.87.